The zero-order valence-corrected chi connectivity index (χ0v) is 8.60. The van der Waals surface area contributed by atoms with E-state index in [9.17, 15) is 4.79 Å². The smallest absolute Gasteiger partial charge is 0.340 e. The van der Waals surface area contributed by atoms with E-state index in [0.29, 0.717) is 22.0 Å². The molecule has 1 aromatic heterocycles. The third-order valence-corrected chi connectivity index (χ3v) is 2.30. The monoisotopic (exact) mass is 212 g/mol. The number of benzene rings is 1. The summed E-state index contributed by atoms with van der Waals surface area (Å²) in [6.45, 7) is 0. The normalized spacial score (nSPS) is 9.75. The minimum Gasteiger partial charge on any atom is -0.465 e. The summed E-state index contributed by atoms with van der Waals surface area (Å²) in [5.74, 6) is -0.451. The Bertz CT molecular complexity index is 599. The van der Waals surface area contributed by atoms with Crippen molar-refractivity contribution >= 4 is 16.9 Å². The summed E-state index contributed by atoms with van der Waals surface area (Å²) in [4.78, 5) is 15.6. The van der Waals surface area contributed by atoms with Crippen molar-refractivity contribution in [2.24, 2.45) is 0 Å². The van der Waals surface area contributed by atoms with Crippen molar-refractivity contribution in [1.29, 1.82) is 5.26 Å². The summed E-state index contributed by atoms with van der Waals surface area (Å²) in [5, 5.41) is 9.59. The van der Waals surface area contributed by atoms with E-state index >= 15 is 0 Å². The Hall–Kier alpha value is -2.41. The summed E-state index contributed by atoms with van der Waals surface area (Å²) in [5.41, 5.74) is 1.36. The Morgan fingerprint density at radius 2 is 2.25 bits per heavy atom. The fourth-order valence-corrected chi connectivity index (χ4v) is 1.54. The fraction of sp³-hybridized carbons (Fsp3) is 0.0833. The van der Waals surface area contributed by atoms with Gasteiger partial charge in [-0.3, -0.25) is 4.98 Å². The first-order chi connectivity index (χ1) is 7.77. The van der Waals surface area contributed by atoms with Crippen molar-refractivity contribution < 1.29 is 9.53 Å². The second-order valence-corrected chi connectivity index (χ2v) is 3.16. The quantitative estimate of drug-likeness (QED) is 0.677. The molecule has 0 saturated carbocycles. The molecule has 4 heteroatoms. The van der Waals surface area contributed by atoms with Gasteiger partial charge in [-0.2, -0.15) is 5.26 Å². The molecule has 0 aliphatic heterocycles. The Balaban J connectivity index is 2.81. The Labute approximate surface area is 92.1 Å². The average molecular weight is 212 g/mol. The molecule has 0 radical (unpaired) electrons. The maximum atomic E-state index is 11.5. The van der Waals surface area contributed by atoms with Gasteiger partial charge in [0, 0.05) is 11.6 Å². The van der Waals surface area contributed by atoms with Crippen molar-refractivity contribution in [3.05, 3.63) is 41.6 Å². The molecule has 0 unspecified atom stereocenters. The van der Waals surface area contributed by atoms with Gasteiger partial charge in [-0.15, -0.1) is 0 Å². The number of carbonyl (C=O) groups is 1. The van der Waals surface area contributed by atoms with Crippen LogP contribution in [0.25, 0.3) is 10.9 Å². The number of nitrogens with zero attached hydrogens (tertiary/aromatic N) is 2. The lowest BCUT2D eigenvalue weighted by atomic mass is 10.0. The van der Waals surface area contributed by atoms with Crippen LogP contribution in [0.15, 0.2) is 30.5 Å². The van der Waals surface area contributed by atoms with Crippen LogP contribution in [0.2, 0.25) is 0 Å². The third-order valence-electron chi connectivity index (χ3n) is 2.30. The van der Waals surface area contributed by atoms with Crippen molar-refractivity contribution in [2.45, 2.75) is 0 Å². The van der Waals surface area contributed by atoms with Gasteiger partial charge in [-0.1, -0.05) is 0 Å². The molecule has 0 spiro atoms. The first kappa shape index (κ1) is 10.1. The van der Waals surface area contributed by atoms with Gasteiger partial charge in [0.05, 0.1) is 29.8 Å². The van der Waals surface area contributed by atoms with E-state index in [2.05, 4.69) is 15.8 Å². The molecule has 0 amide bonds. The Morgan fingerprint density at radius 1 is 1.44 bits per heavy atom. The second-order valence-electron chi connectivity index (χ2n) is 3.16. The predicted octanol–water partition coefficient (Wildman–Crippen LogP) is 1.89. The van der Waals surface area contributed by atoms with Gasteiger partial charge in [-0.25, -0.2) is 4.79 Å². The number of carbonyl (C=O) groups excluding carboxylic acids is 1. The molecule has 0 N–H and O–H groups in total. The van der Waals surface area contributed by atoms with E-state index in [4.69, 9.17) is 5.26 Å². The van der Waals surface area contributed by atoms with E-state index in [1.807, 2.05) is 0 Å². The van der Waals surface area contributed by atoms with Crippen LogP contribution >= 0.6 is 0 Å². The maximum absolute atomic E-state index is 11.5. The molecule has 0 bridgehead atoms. The van der Waals surface area contributed by atoms with Gasteiger partial charge >= 0.3 is 5.97 Å². The van der Waals surface area contributed by atoms with Gasteiger partial charge in [0.2, 0.25) is 0 Å². The number of methoxy groups -OCH3 is 1. The van der Waals surface area contributed by atoms with Crippen LogP contribution in [0.4, 0.5) is 0 Å². The summed E-state index contributed by atoms with van der Waals surface area (Å²) in [7, 11) is 1.31. The molecular weight excluding hydrogens is 204 g/mol. The lowest BCUT2D eigenvalue weighted by molar-refractivity contribution is 0.0603. The molecule has 4 nitrogen and oxygen atoms in total. The number of rotatable bonds is 1. The molecule has 2 rings (SSSR count). The molecule has 0 aliphatic rings. The van der Waals surface area contributed by atoms with Gasteiger partial charge in [-0.05, 0) is 24.3 Å². The molecule has 2 aromatic rings. The second kappa shape index (κ2) is 3.99. The first-order valence-electron chi connectivity index (χ1n) is 4.64. The number of hydrogen-bond donors (Lipinski definition) is 0. The number of hydrogen-bond acceptors (Lipinski definition) is 4. The lowest BCUT2D eigenvalue weighted by Gasteiger charge is -2.04. The Kier molecular flexibility index (Phi) is 2.52. The Morgan fingerprint density at radius 3 is 2.94 bits per heavy atom. The van der Waals surface area contributed by atoms with Gasteiger partial charge in [0.25, 0.3) is 0 Å². The highest BCUT2D eigenvalue weighted by Crippen LogP contribution is 2.20. The number of fused-ring (bicyclic) bond motifs is 1. The van der Waals surface area contributed by atoms with Crippen molar-refractivity contribution in [2.75, 3.05) is 7.11 Å². The SMILES string of the molecule is COC(=O)c1ccc(C#N)c2cccnc12. The minimum absolute atomic E-state index is 0.372. The van der Waals surface area contributed by atoms with Gasteiger partial charge < -0.3 is 4.74 Å². The standard InChI is InChI=1S/C12H8N2O2/c1-16-12(15)10-5-4-8(7-13)9-3-2-6-14-11(9)10/h2-6H,1H3. The van der Waals surface area contributed by atoms with E-state index in [1.54, 1.807) is 30.5 Å². The largest absolute Gasteiger partial charge is 0.465 e. The van der Waals surface area contributed by atoms with Crippen LogP contribution in [-0.4, -0.2) is 18.1 Å². The molecule has 1 heterocycles. The predicted molar refractivity (Wildman–Crippen MR) is 57.8 cm³/mol. The van der Waals surface area contributed by atoms with Crippen LogP contribution in [0.5, 0.6) is 0 Å². The highest BCUT2D eigenvalue weighted by atomic mass is 16.5. The van der Waals surface area contributed by atoms with E-state index < -0.39 is 5.97 Å². The molecule has 0 aliphatic carbocycles. The molecule has 16 heavy (non-hydrogen) atoms. The van der Waals surface area contributed by atoms with E-state index in [0.717, 1.165) is 0 Å². The third kappa shape index (κ3) is 1.48. The minimum atomic E-state index is -0.451. The zero-order valence-electron chi connectivity index (χ0n) is 8.60. The summed E-state index contributed by atoms with van der Waals surface area (Å²) < 4.78 is 4.66. The van der Waals surface area contributed by atoms with Gasteiger partial charge in [0.1, 0.15) is 0 Å². The van der Waals surface area contributed by atoms with Crippen LogP contribution < -0.4 is 0 Å². The van der Waals surface area contributed by atoms with Crippen LogP contribution in [0, 0.1) is 11.3 Å². The van der Waals surface area contributed by atoms with Crippen molar-refractivity contribution in [3.63, 3.8) is 0 Å². The number of ether oxygens (including phenoxy) is 1. The zero-order chi connectivity index (χ0) is 11.5. The first-order valence-corrected chi connectivity index (χ1v) is 4.64. The molecule has 0 atom stereocenters. The highest BCUT2D eigenvalue weighted by Gasteiger charge is 2.13. The van der Waals surface area contributed by atoms with E-state index in [-0.39, 0.29) is 0 Å². The lowest BCUT2D eigenvalue weighted by Crippen LogP contribution is -2.03. The number of aromatic nitrogens is 1. The fourth-order valence-electron chi connectivity index (χ4n) is 1.54. The summed E-state index contributed by atoms with van der Waals surface area (Å²) >= 11 is 0. The van der Waals surface area contributed by atoms with Gasteiger partial charge in [0.15, 0.2) is 0 Å². The van der Waals surface area contributed by atoms with E-state index in [1.165, 1.54) is 7.11 Å². The summed E-state index contributed by atoms with van der Waals surface area (Å²) in [6, 6.07) is 8.69. The number of nitriles is 1. The topological polar surface area (TPSA) is 63.0 Å². The van der Waals surface area contributed by atoms with Crippen molar-refractivity contribution in [3.8, 4) is 6.07 Å². The highest BCUT2D eigenvalue weighted by molar-refractivity contribution is 6.04. The molecule has 0 fully saturated rings. The van der Waals surface area contributed by atoms with Crippen LogP contribution in [0.1, 0.15) is 15.9 Å². The van der Waals surface area contributed by atoms with Crippen LogP contribution in [0.3, 0.4) is 0 Å². The van der Waals surface area contributed by atoms with Crippen LogP contribution in [-0.2, 0) is 4.74 Å². The molecular formula is C12H8N2O2. The van der Waals surface area contributed by atoms with Crippen molar-refractivity contribution in [1.82, 2.24) is 4.98 Å². The molecule has 78 valence electrons. The number of esters is 1. The molecule has 0 saturated heterocycles. The number of pyridine rings is 1. The summed E-state index contributed by atoms with van der Waals surface area (Å²) in [6.07, 6.45) is 1.58. The molecule has 1 aromatic carbocycles. The maximum Gasteiger partial charge on any atom is 0.340 e. The average Bonchev–Trinajstić information content (AvgIpc) is 2.36.